The molecule has 0 spiro atoms. The van der Waals surface area contributed by atoms with E-state index in [1.54, 1.807) is 6.07 Å². The molecule has 2 aromatic rings. The molecule has 2 amide bonds. The van der Waals surface area contributed by atoms with Crippen LogP contribution in [0.5, 0.6) is 5.75 Å². The van der Waals surface area contributed by atoms with E-state index in [9.17, 15) is 31.5 Å². The molecule has 0 aromatic heterocycles. The second-order valence-corrected chi connectivity index (χ2v) is 6.36. The Bertz CT molecular complexity index is 1020. The Kier molecular flexibility index (Phi) is 5.72. The van der Waals surface area contributed by atoms with Crippen molar-refractivity contribution < 1.29 is 36.3 Å². The largest absolute Gasteiger partial charge is 0.473 e. The molecule has 0 saturated heterocycles. The number of amides is 2. The van der Waals surface area contributed by atoms with E-state index in [2.05, 4.69) is 9.73 Å². The average Bonchev–Trinajstić information content (AvgIpc) is 2.95. The predicted octanol–water partition coefficient (Wildman–Crippen LogP) is 3.24. The van der Waals surface area contributed by atoms with Crippen molar-refractivity contribution in [2.45, 2.75) is 25.9 Å². The predicted molar refractivity (Wildman–Crippen MR) is 94.9 cm³/mol. The van der Waals surface area contributed by atoms with Gasteiger partial charge in [0.2, 0.25) is 0 Å². The minimum Gasteiger partial charge on any atom is -0.435 e. The fraction of sp³-hybridized carbons (Fsp3) is 0.211. The summed E-state index contributed by atoms with van der Waals surface area (Å²) < 4.78 is 66.1. The molecule has 30 heavy (non-hydrogen) atoms. The van der Waals surface area contributed by atoms with Gasteiger partial charge in [0, 0.05) is 24.2 Å². The maximum atomic E-state index is 12.7. The van der Waals surface area contributed by atoms with Gasteiger partial charge in [0.15, 0.2) is 0 Å². The zero-order valence-corrected chi connectivity index (χ0v) is 15.1. The SMILES string of the molecule is NC(=NC(=O)C(F)(F)F)c1ccc2c(c1)C(=O)N(Cc1cccc(OC(F)F)c1)C2. The first kappa shape index (κ1) is 21.2. The van der Waals surface area contributed by atoms with E-state index in [-0.39, 0.29) is 30.0 Å². The molecule has 0 fully saturated rings. The molecular formula is C19H14F5N3O3. The van der Waals surface area contributed by atoms with Crippen LogP contribution in [0, 0.1) is 0 Å². The normalized spacial score (nSPS) is 14.3. The van der Waals surface area contributed by atoms with Crippen LogP contribution in [0.15, 0.2) is 47.5 Å². The van der Waals surface area contributed by atoms with Crippen molar-refractivity contribution in [1.82, 2.24) is 4.90 Å². The van der Waals surface area contributed by atoms with Gasteiger partial charge in [0.1, 0.15) is 11.6 Å². The summed E-state index contributed by atoms with van der Waals surface area (Å²) in [6.07, 6.45) is -5.16. The van der Waals surface area contributed by atoms with Crippen LogP contribution in [-0.2, 0) is 17.9 Å². The molecule has 0 saturated carbocycles. The number of amidine groups is 1. The summed E-state index contributed by atoms with van der Waals surface area (Å²) >= 11 is 0. The van der Waals surface area contributed by atoms with Crippen LogP contribution in [-0.4, -0.2) is 35.3 Å². The lowest BCUT2D eigenvalue weighted by molar-refractivity contribution is -0.169. The van der Waals surface area contributed by atoms with Gasteiger partial charge in [0.25, 0.3) is 5.91 Å². The minimum absolute atomic E-state index is 0.00567. The molecule has 11 heteroatoms. The maximum Gasteiger partial charge on any atom is 0.473 e. The van der Waals surface area contributed by atoms with Gasteiger partial charge < -0.3 is 15.4 Å². The third-order valence-electron chi connectivity index (χ3n) is 4.25. The summed E-state index contributed by atoms with van der Waals surface area (Å²) in [6, 6.07) is 9.99. The molecule has 1 heterocycles. The number of fused-ring (bicyclic) bond motifs is 1. The summed E-state index contributed by atoms with van der Waals surface area (Å²) in [5.41, 5.74) is 6.81. The van der Waals surface area contributed by atoms with E-state index < -0.39 is 30.4 Å². The highest BCUT2D eigenvalue weighted by Crippen LogP contribution is 2.27. The van der Waals surface area contributed by atoms with Crippen molar-refractivity contribution in [1.29, 1.82) is 0 Å². The number of aliphatic imine (C=N–C) groups is 1. The van der Waals surface area contributed by atoms with E-state index >= 15 is 0 Å². The van der Waals surface area contributed by atoms with E-state index in [1.165, 1.54) is 41.3 Å². The molecule has 2 N–H and O–H groups in total. The average molecular weight is 427 g/mol. The molecule has 1 aliphatic rings. The first-order chi connectivity index (χ1) is 14.0. The van der Waals surface area contributed by atoms with Crippen LogP contribution >= 0.6 is 0 Å². The van der Waals surface area contributed by atoms with Crippen molar-refractivity contribution in [3.05, 3.63) is 64.7 Å². The summed E-state index contributed by atoms with van der Waals surface area (Å²) in [7, 11) is 0. The summed E-state index contributed by atoms with van der Waals surface area (Å²) in [6.45, 7) is -2.68. The van der Waals surface area contributed by atoms with Crippen LogP contribution in [0.25, 0.3) is 0 Å². The number of hydrogen-bond donors (Lipinski definition) is 1. The van der Waals surface area contributed by atoms with Crippen molar-refractivity contribution in [2.24, 2.45) is 10.7 Å². The second kappa shape index (κ2) is 8.09. The number of carbonyl (C=O) groups is 2. The lowest BCUT2D eigenvalue weighted by Gasteiger charge is -2.16. The molecule has 3 rings (SSSR count). The fourth-order valence-corrected chi connectivity index (χ4v) is 2.93. The van der Waals surface area contributed by atoms with Gasteiger partial charge in [-0.25, -0.2) is 0 Å². The lowest BCUT2D eigenvalue weighted by atomic mass is 10.1. The molecular weight excluding hydrogens is 413 g/mol. The molecule has 0 aliphatic carbocycles. The number of nitrogens with two attached hydrogens (primary N) is 1. The molecule has 0 radical (unpaired) electrons. The highest BCUT2D eigenvalue weighted by Gasteiger charge is 2.39. The van der Waals surface area contributed by atoms with E-state index in [1.807, 2.05) is 0 Å². The van der Waals surface area contributed by atoms with E-state index in [4.69, 9.17) is 5.73 Å². The number of nitrogens with zero attached hydrogens (tertiary/aromatic N) is 2. The Morgan fingerprint density at radius 3 is 2.60 bits per heavy atom. The Morgan fingerprint density at radius 1 is 1.20 bits per heavy atom. The van der Waals surface area contributed by atoms with Gasteiger partial charge in [0.05, 0.1) is 0 Å². The summed E-state index contributed by atoms with van der Waals surface area (Å²) in [4.78, 5) is 27.9. The number of hydrogen-bond acceptors (Lipinski definition) is 3. The fourth-order valence-electron chi connectivity index (χ4n) is 2.93. The zero-order chi connectivity index (χ0) is 22.1. The number of ether oxygens (including phenoxy) is 1. The van der Waals surface area contributed by atoms with Crippen molar-refractivity contribution in [2.75, 3.05) is 0 Å². The summed E-state index contributed by atoms with van der Waals surface area (Å²) in [5, 5.41) is 0. The molecule has 1 aliphatic heterocycles. The number of alkyl halides is 5. The van der Waals surface area contributed by atoms with Crippen LogP contribution in [0.3, 0.4) is 0 Å². The molecule has 158 valence electrons. The summed E-state index contributed by atoms with van der Waals surface area (Å²) in [5.74, 6) is -3.49. The van der Waals surface area contributed by atoms with Gasteiger partial charge in [-0.1, -0.05) is 24.3 Å². The number of halogens is 5. The van der Waals surface area contributed by atoms with Gasteiger partial charge in [-0.15, -0.1) is 0 Å². The molecule has 2 aromatic carbocycles. The molecule has 0 bridgehead atoms. The van der Waals surface area contributed by atoms with Crippen molar-refractivity contribution >= 4 is 17.6 Å². The monoisotopic (exact) mass is 427 g/mol. The third-order valence-corrected chi connectivity index (χ3v) is 4.25. The molecule has 6 nitrogen and oxygen atoms in total. The number of benzene rings is 2. The minimum atomic E-state index is -5.16. The highest BCUT2D eigenvalue weighted by molar-refractivity contribution is 6.07. The van der Waals surface area contributed by atoms with E-state index in [0.717, 1.165) is 0 Å². The molecule has 0 unspecified atom stereocenters. The van der Waals surface area contributed by atoms with E-state index in [0.29, 0.717) is 11.1 Å². The first-order valence-electron chi connectivity index (χ1n) is 8.46. The topological polar surface area (TPSA) is 85.0 Å². The van der Waals surface area contributed by atoms with Gasteiger partial charge in [-0.3, -0.25) is 9.59 Å². The van der Waals surface area contributed by atoms with Gasteiger partial charge in [-0.05, 0) is 29.3 Å². The van der Waals surface area contributed by atoms with Crippen LogP contribution in [0.2, 0.25) is 0 Å². The number of rotatable bonds is 5. The first-order valence-corrected chi connectivity index (χ1v) is 8.46. The highest BCUT2D eigenvalue weighted by atomic mass is 19.4. The maximum absolute atomic E-state index is 12.7. The smallest absolute Gasteiger partial charge is 0.435 e. The third kappa shape index (κ3) is 4.73. The number of carbonyl (C=O) groups excluding carboxylic acids is 2. The van der Waals surface area contributed by atoms with Crippen LogP contribution in [0.1, 0.15) is 27.0 Å². The van der Waals surface area contributed by atoms with Gasteiger partial charge in [-0.2, -0.15) is 26.9 Å². The Morgan fingerprint density at radius 2 is 1.93 bits per heavy atom. The zero-order valence-electron chi connectivity index (χ0n) is 15.1. The van der Waals surface area contributed by atoms with Crippen LogP contribution in [0.4, 0.5) is 22.0 Å². The van der Waals surface area contributed by atoms with Crippen molar-refractivity contribution in [3.8, 4) is 5.75 Å². The lowest BCUT2D eigenvalue weighted by Crippen LogP contribution is -2.25. The Labute approximate surface area is 166 Å². The van der Waals surface area contributed by atoms with Gasteiger partial charge >= 0.3 is 18.7 Å². The molecule has 0 atom stereocenters. The van der Waals surface area contributed by atoms with Crippen LogP contribution < -0.4 is 10.5 Å². The quantitative estimate of drug-likeness (QED) is 0.451. The van der Waals surface area contributed by atoms with Crippen molar-refractivity contribution in [3.63, 3.8) is 0 Å². The second-order valence-electron chi connectivity index (χ2n) is 6.36. The standard InChI is InChI=1S/C19H14F5N3O3/c20-18(21)30-13-3-1-2-10(6-13)8-27-9-12-5-4-11(7-14(12)16(27)28)15(25)26-17(29)19(22,23)24/h1-7,18H,8-9H2,(H2,25,26,29). The Hall–Kier alpha value is -3.50. The Balaban J connectivity index is 1.78.